The Labute approximate surface area is 123 Å². The van der Waals surface area contributed by atoms with Crippen LogP contribution in [0.1, 0.15) is 19.8 Å². The van der Waals surface area contributed by atoms with Gasteiger partial charge >= 0.3 is 13.2 Å². The van der Waals surface area contributed by atoms with E-state index in [1.807, 2.05) is 6.92 Å². The van der Waals surface area contributed by atoms with Crippen LogP contribution in [0.5, 0.6) is 5.75 Å². The molecule has 0 atom stereocenters. The van der Waals surface area contributed by atoms with Gasteiger partial charge in [0.05, 0.1) is 24.8 Å². The van der Waals surface area contributed by atoms with Crippen LogP contribution in [0.2, 0.25) is 0 Å². The number of ether oxygens (including phenoxy) is 2. The molecule has 0 amide bonds. The minimum Gasteiger partial charge on any atom is -0.497 e. The molecular formula is C14H18BNO5. The van der Waals surface area contributed by atoms with E-state index in [-0.39, 0.29) is 5.59 Å². The summed E-state index contributed by atoms with van der Waals surface area (Å²) in [5.41, 5.74) is 0.611. The van der Waals surface area contributed by atoms with E-state index < -0.39 is 13.2 Å². The van der Waals surface area contributed by atoms with Crippen LogP contribution in [-0.4, -0.2) is 41.5 Å². The molecule has 0 aliphatic carbocycles. The van der Waals surface area contributed by atoms with E-state index >= 15 is 0 Å². The highest BCUT2D eigenvalue weighted by atomic mass is 16.5. The number of hydrogen-bond acceptors (Lipinski definition) is 5. The molecule has 0 spiro atoms. The molecule has 21 heavy (non-hydrogen) atoms. The predicted molar refractivity (Wildman–Crippen MR) is 80.0 cm³/mol. The molecule has 0 aliphatic heterocycles. The van der Waals surface area contributed by atoms with Gasteiger partial charge in [-0.25, -0.2) is 4.79 Å². The quantitative estimate of drug-likeness (QED) is 0.637. The van der Waals surface area contributed by atoms with Crippen molar-refractivity contribution in [1.82, 2.24) is 4.57 Å². The molecule has 2 aromatic rings. The Morgan fingerprint density at radius 2 is 2.10 bits per heavy atom. The monoisotopic (exact) mass is 291 g/mol. The molecule has 0 bridgehead atoms. The van der Waals surface area contributed by atoms with Gasteiger partial charge in [0.25, 0.3) is 0 Å². The topological polar surface area (TPSA) is 80.9 Å². The van der Waals surface area contributed by atoms with Crippen molar-refractivity contribution in [2.24, 2.45) is 0 Å². The number of carbonyl (C=O) groups excluding carboxylic acids is 1. The predicted octanol–water partition coefficient (Wildman–Crippen LogP) is 1.11. The Kier molecular flexibility index (Phi) is 4.87. The average molecular weight is 291 g/mol. The lowest BCUT2D eigenvalue weighted by atomic mass is 9.86. The van der Waals surface area contributed by atoms with Crippen molar-refractivity contribution in [1.29, 1.82) is 0 Å². The van der Waals surface area contributed by atoms with E-state index in [0.29, 0.717) is 23.3 Å². The third kappa shape index (κ3) is 3.20. The van der Waals surface area contributed by atoms with Crippen LogP contribution in [0.25, 0.3) is 10.9 Å². The molecule has 2 rings (SSSR count). The second-order valence-electron chi connectivity index (χ2n) is 4.67. The van der Waals surface area contributed by atoms with Crippen molar-refractivity contribution >= 4 is 29.7 Å². The van der Waals surface area contributed by atoms with E-state index in [1.165, 1.54) is 10.6 Å². The van der Waals surface area contributed by atoms with Gasteiger partial charge in [0.1, 0.15) is 5.75 Å². The first-order valence-corrected chi connectivity index (χ1v) is 6.81. The summed E-state index contributed by atoms with van der Waals surface area (Å²) in [7, 11) is -0.221. The molecule has 0 fully saturated rings. The van der Waals surface area contributed by atoms with Gasteiger partial charge in [-0.2, -0.15) is 0 Å². The fourth-order valence-electron chi connectivity index (χ4n) is 2.10. The maximum atomic E-state index is 12.2. The Balaban J connectivity index is 2.43. The summed E-state index contributed by atoms with van der Waals surface area (Å²) < 4.78 is 11.4. The summed E-state index contributed by atoms with van der Waals surface area (Å²) in [6, 6.07) is 6.63. The zero-order valence-electron chi connectivity index (χ0n) is 12.1. The van der Waals surface area contributed by atoms with E-state index in [9.17, 15) is 14.8 Å². The average Bonchev–Trinajstić information content (AvgIpc) is 2.86. The lowest BCUT2D eigenvalue weighted by Crippen LogP contribution is -2.39. The Morgan fingerprint density at radius 1 is 1.33 bits per heavy atom. The van der Waals surface area contributed by atoms with E-state index in [2.05, 4.69) is 0 Å². The number of nitrogens with zero attached hydrogens (tertiary/aromatic N) is 1. The SMILES string of the molecule is CCCCOC(=O)n1c(B(O)O)cc2cc(OC)ccc21. The van der Waals surface area contributed by atoms with Crippen molar-refractivity contribution in [3.63, 3.8) is 0 Å². The summed E-state index contributed by atoms with van der Waals surface area (Å²) in [6.45, 7) is 2.29. The molecule has 1 aromatic heterocycles. The standard InChI is InChI=1S/C14H18BNO5/c1-3-4-7-21-14(17)16-12-6-5-11(20-2)8-10(12)9-13(16)15(18)19/h5-6,8-9,18-19H,3-4,7H2,1-2H3. The first kappa shape index (κ1) is 15.4. The first-order valence-electron chi connectivity index (χ1n) is 6.81. The normalized spacial score (nSPS) is 10.7. The molecule has 0 aliphatic rings. The largest absolute Gasteiger partial charge is 0.506 e. The number of aromatic nitrogens is 1. The highest BCUT2D eigenvalue weighted by Gasteiger charge is 2.24. The number of carbonyl (C=O) groups is 1. The third-order valence-electron chi connectivity index (χ3n) is 3.21. The summed E-state index contributed by atoms with van der Waals surface area (Å²) >= 11 is 0. The lowest BCUT2D eigenvalue weighted by molar-refractivity contribution is 0.147. The maximum absolute atomic E-state index is 12.2. The fraction of sp³-hybridized carbons (Fsp3) is 0.357. The number of benzene rings is 1. The molecule has 0 radical (unpaired) electrons. The molecule has 7 heteroatoms. The molecular weight excluding hydrogens is 273 g/mol. The summed E-state index contributed by atoms with van der Waals surface area (Å²) in [5.74, 6) is 0.623. The van der Waals surface area contributed by atoms with E-state index in [1.54, 1.807) is 25.3 Å². The molecule has 112 valence electrons. The Morgan fingerprint density at radius 3 is 2.71 bits per heavy atom. The molecule has 1 aromatic carbocycles. The third-order valence-corrected chi connectivity index (χ3v) is 3.21. The van der Waals surface area contributed by atoms with E-state index in [0.717, 1.165) is 12.8 Å². The maximum Gasteiger partial charge on any atom is 0.506 e. The second kappa shape index (κ2) is 6.65. The first-order chi connectivity index (χ1) is 10.1. The van der Waals surface area contributed by atoms with Crippen LogP contribution in [0.15, 0.2) is 24.3 Å². The number of methoxy groups -OCH3 is 1. The smallest absolute Gasteiger partial charge is 0.497 e. The van der Waals surface area contributed by atoms with Crippen molar-refractivity contribution in [2.45, 2.75) is 19.8 Å². The molecule has 0 saturated carbocycles. The van der Waals surface area contributed by atoms with E-state index in [4.69, 9.17) is 9.47 Å². The highest BCUT2D eigenvalue weighted by Crippen LogP contribution is 2.21. The summed E-state index contributed by atoms with van der Waals surface area (Å²) in [6.07, 6.45) is 1.05. The number of fused-ring (bicyclic) bond motifs is 1. The number of rotatable bonds is 5. The van der Waals surface area contributed by atoms with Crippen LogP contribution in [0, 0.1) is 0 Å². The summed E-state index contributed by atoms with van der Waals surface area (Å²) in [4.78, 5) is 12.2. The van der Waals surface area contributed by atoms with Crippen LogP contribution < -0.4 is 10.3 Å². The van der Waals surface area contributed by atoms with Crippen LogP contribution in [-0.2, 0) is 4.74 Å². The second-order valence-corrected chi connectivity index (χ2v) is 4.67. The minimum absolute atomic E-state index is 0.0692. The van der Waals surface area contributed by atoms with Gasteiger partial charge in [0, 0.05) is 5.39 Å². The van der Waals surface area contributed by atoms with Gasteiger partial charge in [-0.3, -0.25) is 4.57 Å². The Bertz CT molecular complexity index is 638. The molecule has 1 heterocycles. The van der Waals surface area contributed by atoms with Gasteiger partial charge in [-0.15, -0.1) is 0 Å². The zero-order valence-corrected chi connectivity index (χ0v) is 12.1. The van der Waals surface area contributed by atoms with Crippen LogP contribution in [0.3, 0.4) is 0 Å². The van der Waals surface area contributed by atoms with Crippen molar-refractivity contribution in [3.05, 3.63) is 24.3 Å². The van der Waals surface area contributed by atoms with Crippen LogP contribution in [0.4, 0.5) is 4.79 Å². The lowest BCUT2D eigenvalue weighted by Gasteiger charge is -2.09. The molecule has 0 saturated heterocycles. The Hall–Kier alpha value is -1.99. The fourth-order valence-corrected chi connectivity index (χ4v) is 2.10. The van der Waals surface area contributed by atoms with Crippen molar-refractivity contribution < 1.29 is 24.3 Å². The van der Waals surface area contributed by atoms with Gasteiger partial charge in [-0.05, 0) is 30.7 Å². The van der Waals surface area contributed by atoms with Gasteiger partial charge in [-0.1, -0.05) is 13.3 Å². The van der Waals surface area contributed by atoms with Gasteiger partial charge in [0.2, 0.25) is 0 Å². The van der Waals surface area contributed by atoms with Gasteiger partial charge in [0.15, 0.2) is 0 Å². The molecule has 2 N–H and O–H groups in total. The number of unbranched alkanes of at least 4 members (excludes halogenated alkanes) is 1. The van der Waals surface area contributed by atoms with Crippen molar-refractivity contribution in [3.8, 4) is 5.75 Å². The van der Waals surface area contributed by atoms with Crippen LogP contribution >= 0.6 is 0 Å². The highest BCUT2D eigenvalue weighted by molar-refractivity contribution is 6.59. The number of hydrogen-bond donors (Lipinski definition) is 2. The summed E-state index contributed by atoms with van der Waals surface area (Å²) in [5, 5.41) is 19.6. The molecule has 0 unspecified atom stereocenters. The zero-order chi connectivity index (χ0) is 15.4. The molecule has 6 nitrogen and oxygen atoms in total. The van der Waals surface area contributed by atoms with Crippen molar-refractivity contribution in [2.75, 3.05) is 13.7 Å². The minimum atomic E-state index is -1.76. The van der Waals surface area contributed by atoms with Gasteiger partial charge < -0.3 is 19.5 Å².